The van der Waals surface area contributed by atoms with Crippen LogP contribution in [0.25, 0.3) is 12.7 Å². The number of rotatable bonds is 2. The fourth-order valence-electron chi connectivity index (χ4n) is 3.84. The number of hydrogen-bond acceptors (Lipinski definition) is 4. The second kappa shape index (κ2) is 6.71. The van der Waals surface area contributed by atoms with Crippen molar-refractivity contribution in [2.24, 2.45) is 7.05 Å². The minimum absolute atomic E-state index is 0.00317. The van der Waals surface area contributed by atoms with Crippen LogP contribution in [0.2, 0.25) is 0 Å². The lowest BCUT2D eigenvalue weighted by atomic mass is 9.84. The van der Waals surface area contributed by atoms with Crippen LogP contribution in [0, 0.1) is 0 Å². The Balaban J connectivity index is 2.27. The lowest BCUT2D eigenvalue weighted by Crippen LogP contribution is -2.47. The summed E-state index contributed by atoms with van der Waals surface area (Å²) in [4.78, 5) is 27.0. The number of nitrogens with one attached hydrogen (secondary N) is 1. The van der Waals surface area contributed by atoms with Crippen molar-refractivity contribution in [1.82, 2.24) is 9.88 Å². The Morgan fingerprint density at radius 2 is 1.86 bits per heavy atom. The number of amides is 1. The van der Waals surface area contributed by atoms with Gasteiger partial charge >= 0.3 is 0 Å². The molecule has 1 aliphatic heterocycles. The molecule has 146 valence electrons. The van der Waals surface area contributed by atoms with Crippen molar-refractivity contribution < 1.29 is 9.90 Å². The van der Waals surface area contributed by atoms with Gasteiger partial charge in [0, 0.05) is 43.2 Å². The van der Waals surface area contributed by atoms with Crippen LogP contribution in [0.1, 0.15) is 29.8 Å². The summed E-state index contributed by atoms with van der Waals surface area (Å²) >= 11 is 0. The first-order valence-corrected chi connectivity index (χ1v) is 9.01. The Labute approximate surface area is 163 Å². The van der Waals surface area contributed by atoms with Crippen LogP contribution in [0.5, 0.6) is 5.88 Å². The maximum Gasteiger partial charge on any atom is 0.260 e. The Morgan fingerprint density at radius 1 is 1.21 bits per heavy atom. The molecule has 6 heteroatoms. The Hall–Kier alpha value is -3.28. The van der Waals surface area contributed by atoms with Crippen molar-refractivity contribution >= 4 is 24.2 Å². The van der Waals surface area contributed by atoms with Crippen LogP contribution in [0.15, 0.2) is 40.8 Å². The van der Waals surface area contributed by atoms with Crippen molar-refractivity contribution in [2.45, 2.75) is 19.3 Å². The molecule has 0 fully saturated rings. The number of carbonyl (C=O) groups excluding carboxylic acids is 1. The van der Waals surface area contributed by atoms with E-state index in [1.807, 2.05) is 25.3 Å². The predicted molar refractivity (Wildman–Crippen MR) is 112 cm³/mol. The average Bonchev–Trinajstić information content (AvgIpc) is 2.86. The van der Waals surface area contributed by atoms with Crippen molar-refractivity contribution in [3.05, 3.63) is 68.0 Å². The fraction of sp³-hybridized carbons (Fsp3) is 0.273. The molecule has 0 radical (unpaired) electrons. The first-order chi connectivity index (χ1) is 13.1. The molecule has 2 aromatic rings. The van der Waals surface area contributed by atoms with Crippen molar-refractivity contribution in [1.29, 1.82) is 0 Å². The van der Waals surface area contributed by atoms with Crippen LogP contribution >= 0.6 is 0 Å². The topological polar surface area (TPSA) is 74.6 Å². The zero-order valence-corrected chi connectivity index (χ0v) is 16.8. The number of aromatic hydroxyl groups is 1. The standard InChI is InChI=1S/C22H25N3O3/c1-13-14(20(27)25(6)21(28)18(13)19(26)23-4)11-12-17-22(2,3)15-9-7-8-10-16(15)24(17)5/h7-12,28H,1H2,2-6H3,(H,23,26)/b14-11-,17-12?. The van der Waals surface area contributed by atoms with Crippen LogP contribution in [0.4, 0.5) is 5.69 Å². The quantitative estimate of drug-likeness (QED) is 0.815. The van der Waals surface area contributed by atoms with Gasteiger partial charge in [-0.3, -0.25) is 14.2 Å². The normalized spacial score (nSPS) is 17.1. The van der Waals surface area contributed by atoms with Gasteiger partial charge in [-0.15, -0.1) is 0 Å². The van der Waals surface area contributed by atoms with Gasteiger partial charge in [-0.1, -0.05) is 38.6 Å². The van der Waals surface area contributed by atoms with E-state index in [2.05, 4.69) is 42.8 Å². The number of likely N-dealkylation sites (N-methyl/N-ethyl adjacent to an activating group) is 1. The highest BCUT2D eigenvalue weighted by atomic mass is 16.3. The molecule has 0 saturated heterocycles. The van der Waals surface area contributed by atoms with Crippen LogP contribution < -0.4 is 26.2 Å². The van der Waals surface area contributed by atoms with E-state index in [0.717, 1.165) is 16.0 Å². The highest BCUT2D eigenvalue weighted by Crippen LogP contribution is 2.46. The molecule has 2 N–H and O–H groups in total. The number of allylic oxidation sites excluding steroid dienone is 2. The number of aromatic nitrogens is 1. The van der Waals surface area contributed by atoms with Gasteiger partial charge in [-0.05, 0) is 29.0 Å². The Kier molecular flexibility index (Phi) is 4.67. The van der Waals surface area contributed by atoms with Gasteiger partial charge in [-0.25, -0.2) is 0 Å². The molecule has 0 saturated carbocycles. The van der Waals surface area contributed by atoms with Gasteiger partial charge in [0.2, 0.25) is 5.88 Å². The van der Waals surface area contributed by atoms with Crippen LogP contribution in [0.3, 0.4) is 0 Å². The molecule has 0 unspecified atom stereocenters. The number of fused-ring (bicyclic) bond motifs is 1. The third kappa shape index (κ3) is 2.72. The largest absolute Gasteiger partial charge is 0.494 e. The van der Waals surface area contributed by atoms with Crippen molar-refractivity contribution in [2.75, 3.05) is 19.0 Å². The first-order valence-electron chi connectivity index (χ1n) is 9.01. The predicted octanol–water partition coefficient (Wildman–Crippen LogP) is 0.953. The molecule has 1 aromatic heterocycles. The molecule has 3 rings (SSSR count). The number of benzene rings is 1. The van der Waals surface area contributed by atoms with Gasteiger partial charge < -0.3 is 15.3 Å². The summed E-state index contributed by atoms with van der Waals surface area (Å²) in [7, 11) is 4.88. The van der Waals surface area contributed by atoms with Crippen molar-refractivity contribution in [3.8, 4) is 5.88 Å². The second-order valence-corrected chi connectivity index (χ2v) is 7.45. The number of para-hydroxylation sites is 1. The highest BCUT2D eigenvalue weighted by molar-refractivity contribution is 5.96. The van der Waals surface area contributed by atoms with E-state index in [1.165, 1.54) is 19.7 Å². The summed E-state index contributed by atoms with van der Waals surface area (Å²) in [5.74, 6) is -0.893. The number of carbonyl (C=O) groups is 1. The molecular weight excluding hydrogens is 354 g/mol. The maximum absolute atomic E-state index is 12.7. The van der Waals surface area contributed by atoms with E-state index in [0.29, 0.717) is 0 Å². The van der Waals surface area contributed by atoms with Gasteiger partial charge in [0.25, 0.3) is 11.5 Å². The molecule has 28 heavy (non-hydrogen) atoms. The summed E-state index contributed by atoms with van der Waals surface area (Å²) in [6.07, 6.45) is 3.56. The number of hydrogen-bond donors (Lipinski definition) is 2. The van der Waals surface area contributed by atoms with E-state index >= 15 is 0 Å². The maximum atomic E-state index is 12.7. The summed E-state index contributed by atoms with van der Waals surface area (Å²) in [6.45, 7) is 8.14. The van der Waals surface area contributed by atoms with Gasteiger partial charge in [0.15, 0.2) is 0 Å². The second-order valence-electron chi connectivity index (χ2n) is 7.45. The molecule has 0 aliphatic carbocycles. The molecule has 1 amide bonds. The Bertz CT molecular complexity index is 1170. The smallest absolute Gasteiger partial charge is 0.260 e. The minimum Gasteiger partial charge on any atom is -0.494 e. The SMILES string of the molecule is C=c1c(C(=O)NC)c(O)n(C)c(=O)/c1=C\C=C1N(C)c2ccccc2C1(C)C. The molecule has 2 heterocycles. The van der Waals surface area contributed by atoms with E-state index in [9.17, 15) is 14.7 Å². The summed E-state index contributed by atoms with van der Waals surface area (Å²) in [6, 6.07) is 8.18. The lowest BCUT2D eigenvalue weighted by molar-refractivity contribution is 0.0957. The summed E-state index contributed by atoms with van der Waals surface area (Å²) in [5, 5.41) is 13.2. The Morgan fingerprint density at radius 3 is 2.46 bits per heavy atom. The molecule has 0 atom stereocenters. The average molecular weight is 379 g/mol. The van der Waals surface area contributed by atoms with E-state index in [4.69, 9.17) is 0 Å². The summed E-state index contributed by atoms with van der Waals surface area (Å²) in [5.41, 5.74) is 2.68. The van der Waals surface area contributed by atoms with E-state index in [1.54, 1.807) is 6.08 Å². The first kappa shape index (κ1) is 19.5. The molecule has 1 aromatic carbocycles. The van der Waals surface area contributed by atoms with Crippen LogP contribution in [-0.4, -0.2) is 29.7 Å². The third-order valence-corrected chi connectivity index (χ3v) is 5.51. The van der Waals surface area contributed by atoms with Crippen molar-refractivity contribution in [3.63, 3.8) is 0 Å². The van der Waals surface area contributed by atoms with E-state index in [-0.39, 0.29) is 21.4 Å². The van der Waals surface area contributed by atoms with E-state index < -0.39 is 17.3 Å². The molecule has 0 spiro atoms. The zero-order chi connectivity index (χ0) is 20.8. The monoisotopic (exact) mass is 379 g/mol. The molecular formula is C22H25N3O3. The van der Waals surface area contributed by atoms with Gasteiger partial charge in [0.05, 0.1) is 0 Å². The lowest BCUT2D eigenvalue weighted by Gasteiger charge is -2.23. The third-order valence-electron chi connectivity index (χ3n) is 5.51. The number of nitrogens with zero attached hydrogens (tertiary/aromatic N) is 2. The van der Waals surface area contributed by atoms with Gasteiger partial charge in [0.1, 0.15) is 5.56 Å². The highest BCUT2D eigenvalue weighted by Gasteiger charge is 2.37. The molecule has 0 bridgehead atoms. The fourth-order valence-corrected chi connectivity index (χ4v) is 3.84. The zero-order valence-electron chi connectivity index (χ0n) is 16.8. The van der Waals surface area contributed by atoms with Gasteiger partial charge in [-0.2, -0.15) is 0 Å². The number of anilines is 1. The summed E-state index contributed by atoms with van der Waals surface area (Å²) < 4.78 is 1.06. The number of pyridine rings is 1. The molecule has 6 nitrogen and oxygen atoms in total. The van der Waals surface area contributed by atoms with Crippen LogP contribution in [-0.2, 0) is 12.5 Å². The minimum atomic E-state index is -0.494. The molecule has 1 aliphatic rings.